The molecule has 0 atom stereocenters. The predicted molar refractivity (Wildman–Crippen MR) is 113 cm³/mol. The molecule has 2 aromatic heterocycles. The monoisotopic (exact) mass is 351 g/mol. The molecule has 0 saturated carbocycles. The summed E-state index contributed by atoms with van der Waals surface area (Å²) in [6.07, 6.45) is 3.66. The molecule has 0 N–H and O–H groups in total. The Labute approximate surface area is 160 Å². The lowest BCUT2D eigenvalue weighted by Gasteiger charge is -2.14. The third-order valence-electron chi connectivity index (χ3n) is 4.57. The normalized spacial score (nSPS) is 10.6. The van der Waals surface area contributed by atoms with Crippen LogP contribution in [-0.2, 0) is 0 Å². The van der Waals surface area contributed by atoms with Gasteiger partial charge < -0.3 is 4.90 Å². The van der Waals surface area contributed by atoms with Crippen molar-refractivity contribution >= 4 is 5.69 Å². The van der Waals surface area contributed by atoms with Gasteiger partial charge in [0.25, 0.3) is 0 Å². The lowest BCUT2D eigenvalue weighted by Crippen LogP contribution is -2.07. The molecule has 4 aromatic rings. The number of hydrogen-bond donors (Lipinski definition) is 0. The van der Waals surface area contributed by atoms with E-state index in [1.165, 1.54) is 11.3 Å². The van der Waals surface area contributed by atoms with E-state index in [-0.39, 0.29) is 0 Å². The molecular weight excluding hydrogens is 330 g/mol. The fraction of sp³-hybridized carbons (Fsp3) is 0.0833. The van der Waals surface area contributed by atoms with Gasteiger partial charge in [0.05, 0.1) is 11.4 Å². The molecule has 0 saturated heterocycles. The molecule has 0 aliphatic heterocycles. The van der Waals surface area contributed by atoms with Crippen molar-refractivity contribution < 1.29 is 0 Å². The minimum absolute atomic E-state index is 0.960. The van der Waals surface area contributed by atoms with Crippen LogP contribution in [-0.4, -0.2) is 24.1 Å². The van der Waals surface area contributed by atoms with Crippen molar-refractivity contribution in [2.75, 3.05) is 19.0 Å². The quantitative estimate of drug-likeness (QED) is 0.483. The molecule has 4 rings (SSSR count). The second kappa shape index (κ2) is 7.42. The molecule has 27 heavy (non-hydrogen) atoms. The zero-order chi connectivity index (χ0) is 18.6. The second-order valence-electron chi connectivity index (χ2n) is 6.67. The number of pyridine rings is 2. The van der Waals surface area contributed by atoms with Crippen molar-refractivity contribution in [2.45, 2.75) is 0 Å². The number of nitrogens with zero attached hydrogens (tertiary/aromatic N) is 3. The first kappa shape index (κ1) is 17.0. The van der Waals surface area contributed by atoms with Crippen molar-refractivity contribution in [3.63, 3.8) is 0 Å². The van der Waals surface area contributed by atoms with E-state index in [0.29, 0.717) is 0 Å². The molecule has 2 aromatic carbocycles. The molecule has 0 unspecified atom stereocenters. The van der Waals surface area contributed by atoms with Crippen LogP contribution in [0.1, 0.15) is 0 Å². The Morgan fingerprint density at radius 1 is 0.556 bits per heavy atom. The van der Waals surface area contributed by atoms with Gasteiger partial charge in [-0.3, -0.25) is 9.97 Å². The maximum Gasteiger partial charge on any atom is 0.0702 e. The Bertz CT molecular complexity index is 966. The van der Waals surface area contributed by atoms with Gasteiger partial charge in [-0.15, -0.1) is 0 Å². The molecule has 0 bridgehead atoms. The van der Waals surface area contributed by atoms with E-state index in [1.807, 2.05) is 48.8 Å². The maximum absolute atomic E-state index is 4.53. The Hall–Kier alpha value is -3.46. The number of benzene rings is 2. The zero-order valence-electron chi connectivity index (χ0n) is 15.5. The largest absolute Gasteiger partial charge is 0.378 e. The maximum atomic E-state index is 4.53. The Morgan fingerprint density at radius 2 is 1.07 bits per heavy atom. The highest BCUT2D eigenvalue weighted by molar-refractivity contribution is 5.79. The van der Waals surface area contributed by atoms with Gasteiger partial charge in [-0.05, 0) is 65.7 Å². The molecule has 2 heterocycles. The molecule has 0 aliphatic carbocycles. The molecule has 3 nitrogen and oxygen atoms in total. The van der Waals surface area contributed by atoms with Gasteiger partial charge >= 0.3 is 0 Å². The zero-order valence-corrected chi connectivity index (χ0v) is 15.5. The van der Waals surface area contributed by atoms with Crippen LogP contribution in [0.15, 0.2) is 91.3 Å². The van der Waals surface area contributed by atoms with E-state index in [0.717, 1.165) is 28.1 Å². The molecule has 0 fully saturated rings. The Kier molecular flexibility index (Phi) is 4.67. The summed E-state index contributed by atoms with van der Waals surface area (Å²) in [7, 11) is 4.10. The van der Waals surface area contributed by atoms with Crippen molar-refractivity contribution in [1.82, 2.24) is 9.97 Å². The number of rotatable bonds is 4. The van der Waals surface area contributed by atoms with Gasteiger partial charge in [0.1, 0.15) is 0 Å². The van der Waals surface area contributed by atoms with Crippen molar-refractivity contribution in [2.24, 2.45) is 0 Å². The van der Waals surface area contributed by atoms with Crippen molar-refractivity contribution in [3.8, 4) is 33.6 Å². The molecule has 3 heteroatoms. The molecule has 132 valence electrons. The summed E-state index contributed by atoms with van der Waals surface area (Å²) in [4.78, 5) is 11.2. The van der Waals surface area contributed by atoms with Crippen LogP contribution in [0, 0.1) is 0 Å². The number of anilines is 1. The van der Waals surface area contributed by atoms with Crippen molar-refractivity contribution in [1.29, 1.82) is 0 Å². The topological polar surface area (TPSA) is 29.0 Å². The van der Waals surface area contributed by atoms with Crippen LogP contribution >= 0.6 is 0 Å². The van der Waals surface area contributed by atoms with Crippen LogP contribution in [0.25, 0.3) is 33.6 Å². The standard InChI is InChI=1S/C24H21N3/c1-27(2)22-11-9-18(10-12-22)19-15-20(23-7-3-5-13-25-23)17-21(16-19)24-8-4-6-14-26-24/h3-17H,1-2H3. The molecule has 0 amide bonds. The summed E-state index contributed by atoms with van der Waals surface area (Å²) in [5.41, 5.74) is 7.61. The van der Waals surface area contributed by atoms with Crippen LogP contribution in [0.5, 0.6) is 0 Å². The first-order valence-corrected chi connectivity index (χ1v) is 8.96. The first-order valence-electron chi connectivity index (χ1n) is 8.96. The highest BCUT2D eigenvalue weighted by Crippen LogP contribution is 2.32. The van der Waals surface area contributed by atoms with E-state index < -0.39 is 0 Å². The average Bonchev–Trinajstić information content (AvgIpc) is 2.75. The van der Waals surface area contributed by atoms with Crippen LogP contribution in [0.4, 0.5) is 5.69 Å². The first-order chi connectivity index (χ1) is 13.2. The summed E-state index contributed by atoms with van der Waals surface area (Å²) in [5, 5.41) is 0. The SMILES string of the molecule is CN(C)c1ccc(-c2cc(-c3ccccn3)cc(-c3ccccn3)c2)cc1. The summed E-state index contributed by atoms with van der Waals surface area (Å²) < 4.78 is 0. The third-order valence-corrected chi connectivity index (χ3v) is 4.57. The predicted octanol–water partition coefficient (Wildman–Crippen LogP) is 5.54. The van der Waals surface area contributed by atoms with Crippen molar-refractivity contribution in [3.05, 3.63) is 91.3 Å². The lowest BCUT2D eigenvalue weighted by molar-refractivity contribution is 1.13. The second-order valence-corrected chi connectivity index (χ2v) is 6.67. The third kappa shape index (κ3) is 3.72. The fourth-order valence-electron chi connectivity index (χ4n) is 3.11. The van der Waals surface area contributed by atoms with Gasteiger partial charge in [0, 0.05) is 43.3 Å². The summed E-state index contributed by atoms with van der Waals surface area (Å²) in [5.74, 6) is 0. The smallest absolute Gasteiger partial charge is 0.0702 e. The van der Waals surface area contributed by atoms with Crippen LogP contribution in [0.2, 0.25) is 0 Å². The fourth-order valence-corrected chi connectivity index (χ4v) is 3.11. The van der Waals surface area contributed by atoms with E-state index in [1.54, 1.807) is 0 Å². The summed E-state index contributed by atoms with van der Waals surface area (Å²) >= 11 is 0. The Morgan fingerprint density at radius 3 is 1.52 bits per heavy atom. The molecule has 0 radical (unpaired) electrons. The van der Waals surface area contributed by atoms with Gasteiger partial charge in [0.2, 0.25) is 0 Å². The lowest BCUT2D eigenvalue weighted by atomic mass is 9.96. The highest BCUT2D eigenvalue weighted by Gasteiger charge is 2.09. The summed E-state index contributed by atoms with van der Waals surface area (Å²) in [6, 6.07) is 27.1. The Balaban J connectivity index is 1.85. The number of hydrogen-bond acceptors (Lipinski definition) is 3. The summed E-state index contributed by atoms with van der Waals surface area (Å²) in [6.45, 7) is 0. The van der Waals surface area contributed by atoms with E-state index in [2.05, 4.69) is 71.4 Å². The van der Waals surface area contributed by atoms with E-state index in [9.17, 15) is 0 Å². The highest BCUT2D eigenvalue weighted by atomic mass is 15.1. The van der Waals surface area contributed by atoms with Gasteiger partial charge in [0.15, 0.2) is 0 Å². The van der Waals surface area contributed by atoms with Crippen LogP contribution < -0.4 is 4.90 Å². The number of aromatic nitrogens is 2. The average molecular weight is 351 g/mol. The minimum Gasteiger partial charge on any atom is -0.378 e. The van der Waals surface area contributed by atoms with Crippen LogP contribution in [0.3, 0.4) is 0 Å². The molecule has 0 aliphatic rings. The molecular formula is C24H21N3. The molecule has 0 spiro atoms. The van der Waals surface area contributed by atoms with Gasteiger partial charge in [-0.25, -0.2) is 0 Å². The van der Waals surface area contributed by atoms with E-state index >= 15 is 0 Å². The van der Waals surface area contributed by atoms with Gasteiger partial charge in [-0.1, -0.05) is 24.3 Å². The van der Waals surface area contributed by atoms with Gasteiger partial charge in [-0.2, -0.15) is 0 Å². The van der Waals surface area contributed by atoms with E-state index in [4.69, 9.17) is 0 Å². The minimum atomic E-state index is 0.960.